The number of rotatable bonds is 4. The molecule has 1 aliphatic rings. The average Bonchev–Trinajstić information content (AvgIpc) is 3.09. The Kier molecular flexibility index (Phi) is 4.24. The fraction of sp³-hybridized carbons (Fsp3) is 0.278. The van der Waals surface area contributed by atoms with E-state index in [4.69, 9.17) is 0 Å². The molecule has 0 unspecified atom stereocenters. The van der Waals surface area contributed by atoms with Crippen molar-refractivity contribution < 1.29 is 0 Å². The smallest absolute Gasteiger partial charge is 0.271 e. The second-order valence-electron chi connectivity index (χ2n) is 5.64. The van der Waals surface area contributed by atoms with E-state index in [1.54, 1.807) is 6.08 Å². The van der Waals surface area contributed by atoms with Gasteiger partial charge in [0.15, 0.2) is 11.4 Å². The molecule has 0 atom stereocenters. The highest BCUT2D eigenvalue weighted by Gasteiger charge is 2.20. The quantitative estimate of drug-likeness (QED) is 0.942. The molecule has 1 N–H and O–H groups in total. The number of nitrogens with zero attached hydrogens (tertiary/aromatic N) is 3. The number of nitriles is 1. The molecule has 0 saturated carbocycles. The predicted octanol–water partition coefficient (Wildman–Crippen LogP) is 2.48. The van der Waals surface area contributed by atoms with Crippen LogP contribution in [0.2, 0.25) is 0 Å². The molecule has 3 rings (SSSR count). The van der Waals surface area contributed by atoms with Gasteiger partial charge in [0.1, 0.15) is 11.9 Å². The third-order valence-corrected chi connectivity index (χ3v) is 4.03. The number of aromatic amines is 1. The monoisotopic (exact) mass is 306 g/mol. The Hall–Kier alpha value is -2.87. The van der Waals surface area contributed by atoms with E-state index in [2.05, 4.69) is 16.5 Å². The number of hydrogen-bond acceptors (Lipinski definition) is 4. The van der Waals surface area contributed by atoms with Crippen molar-refractivity contribution in [3.05, 3.63) is 63.7 Å². The summed E-state index contributed by atoms with van der Waals surface area (Å²) in [5.74, 6) is 1.10. The van der Waals surface area contributed by atoms with Gasteiger partial charge in [-0.1, -0.05) is 36.9 Å². The van der Waals surface area contributed by atoms with Gasteiger partial charge >= 0.3 is 0 Å². The minimum Gasteiger partial charge on any atom is -0.355 e. The summed E-state index contributed by atoms with van der Waals surface area (Å²) >= 11 is 0. The molecular formula is C18H18N4O. The van der Waals surface area contributed by atoms with Crippen LogP contribution in [0, 0.1) is 11.3 Å². The predicted molar refractivity (Wildman–Crippen MR) is 90.4 cm³/mol. The third kappa shape index (κ3) is 3.16. The standard InChI is InChI=1S/C18H18N4O/c1-2-13-6-5-7-14(10-13)11-16-20-17(22-8-3-4-9-22)15(12-19)18(23)21-16/h2,5-7,10H,1,3-4,8-9,11H2,(H,20,21,23). The van der Waals surface area contributed by atoms with E-state index in [9.17, 15) is 10.1 Å². The summed E-state index contributed by atoms with van der Waals surface area (Å²) in [7, 11) is 0. The van der Waals surface area contributed by atoms with Crippen LogP contribution in [-0.4, -0.2) is 23.1 Å². The molecule has 5 heteroatoms. The lowest BCUT2D eigenvalue weighted by molar-refractivity contribution is 0.872. The van der Waals surface area contributed by atoms with Crippen molar-refractivity contribution in [3.8, 4) is 6.07 Å². The van der Waals surface area contributed by atoms with E-state index >= 15 is 0 Å². The van der Waals surface area contributed by atoms with Gasteiger partial charge in [0.05, 0.1) is 0 Å². The number of hydrogen-bond donors (Lipinski definition) is 1. The molecule has 1 aromatic carbocycles. The summed E-state index contributed by atoms with van der Waals surface area (Å²) in [6.45, 7) is 5.45. The maximum absolute atomic E-state index is 12.2. The summed E-state index contributed by atoms with van der Waals surface area (Å²) < 4.78 is 0. The fourth-order valence-corrected chi connectivity index (χ4v) is 2.87. The van der Waals surface area contributed by atoms with Crippen LogP contribution in [0.25, 0.3) is 6.08 Å². The van der Waals surface area contributed by atoms with Crippen LogP contribution in [0.1, 0.15) is 35.4 Å². The molecule has 116 valence electrons. The molecule has 23 heavy (non-hydrogen) atoms. The van der Waals surface area contributed by atoms with E-state index in [0.717, 1.165) is 37.1 Å². The summed E-state index contributed by atoms with van der Waals surface area (Å²) in [6, 6.07) is 9.92. The van der Waals surface area contributed by atoms with Crippen LogP contribution in [0.3, 0.4) is 0 Å². The van der Waals surface area contributed by atoms with Crippen LogP contribution in [-0.2, 0) is 6.42 Å². The van der Waals surface area contributed by atoms with Crippen LogP contribution in [0.4, 0.5) is 5.82 Å². The summed E-state index contributed by atoms with van der Waals surface area (Å²) in [4.78, 5) is 21.5. The number of anilines is 1. The Bertz CT molecular complexity index is 826. The number of H-pyrrole nitrogens is 1. The second-order valence-corrected chi connectivity index (χ2v) is 5.64. The Morgan fingerprint density at radius 3 is 2.87 bits per heavy atom. The average molecular weight is 306 g/mol. The van der Waals surface area contributed by atoms with Gasteiger partial charge in [-0.2, -0.15) is 5.26 Å². The van der Waals surface area contributed by atoms with E-state index in [1.165, 1.54) is 0 Å². The van der Waals surface area contributed by atoms with Crippen molar-refractivity contribution in [2.45, 2.75) is 19.3 Å². The van der Waals surface area contributed by atoms with Crippen LogP contribution in [0.15, 0.2) is 35.6 Å². The van der Waals surface area contributed by atoms with Crippen molar-refractivity contribution in [1.82, 2.24) is 9.97 Å². The maximum Gasteiger partial charge on any atom is 0.271 e. The second kappa shape index (κ2) is 6.49. The van der Waals surface area contributed by atoms with Gasteiger partial charge in [-0.15, -0.1) is 0 Å². The number of benzene rings is 1. The van der Waals surface area contributed by atoms with E-state index < -0.39 is 0 Å². The van der Waals surface area contributed by atoms with Gasteiger partial charge < -0.3 is 9.88 Å². The van der Waals surface area contributed by atoms with Gasteiger partial charge in [-0.25, -0.2) is 4.98 Å². The molecular weight excluding hydrogens is 288 g/mol. The molecule has 0 spiro atoms. The molecule has 1 aliphatic heterocycles. The van der Waals surface area contributed by atoms with Crippen molar-refractivity contribution in [2.24, 2.45) is 0 Å². The van der Waals surface area contributed by atoms with Crippen molar-refractivity contribution in [3.63, 3.8) is 0 Å². The number of aromatic nitrogens is 2. The molecule has 2 aromatic rings. The molecule has 1 fully saturated rings. The lowest BCUT2D eigenvalue weighted by Gasteiger charge is -2.18. The zero-order chi connectivity index (χ0) is 16.2. The minimum absolute atomic E-state index is 0.107. The van der Waals surface area contributed by atoms with Crippen molar-refractivity contribution in [2.75, 3.05) is 18.0 Å². The maximum atomic E-state index is 12.2. The summed E-state index contributed by atoms with van der Waals surface area (Å²) in [6.07, 6.45) is 4.43. The lowest BCUT2D eigenvalue weighted by Crippen LogP contribution is -2.26. The zero-order valence-electron chi connectivity index (χ0n) is 12.9. The molecule has 2 heterocycles. The lowest BCUT2D eigenvalue weighted by atomic mass is 10.1. The molecule has 0 amide bonds. The van der Waals surface area contributed by atoms with Gasteiger partial charge in [0.2, 0.25) is 0 Å². The molecule has 5 nitrogen and oxygen atoms in total. The Balaban J connectivity index is 1.98. The summed E-state index contributed by atoms with van der Waals surface area (Å²) in [5, 5.41) is 9.26. The number of nitrogens with one attached hydrogen (secondary N) is 1. The largest absolute Gasteiger partial charge is 0.355 e. The first-order valence-electron chi connectivity index (χ1n) is 7.71. The Morgan fingerprint density at radius 1 is 1.39 bits per heavy atom. The highest BCUT2D eigenvalue weighted by Crippen LogP contribution is 2.20. The third-order valence-electron chi connectivity index (χ3n) is 4.03. The Morgan fingerprint density at radius 2 is 2.17 bits per heavy atom. The molecule has 1 aromatic heterocycles. The Labute approximate surface area is 134 Å². The normalized spacial score (nSPS) is 13.8. The van der Waals surface area contributed by atoms with E-state index in [-0.39, 0.29) is 11.1 Å². The highest BCUT2D eigenvalue weighted by molar-refractivity contribution is 5.53. The van der Waals surface area contributed by atoms with Crippen molar-refractivity contribution >= 4 is 11.9 Å². The molecule has 0 aliphatic carbocycles. The minimum atomic E-state index is -0.362. The van der Waals surface area contributed by atoms with Crippen LogP contribution in [0.5, 0.6) is 0 Å². The molecule has 1 saturated heterocycles. The SMILES string of the molecule is C=Cc1cccc(Cc2nc(N3CCCC3)c(C#N)c(=O)[nH]2)c1. The van der Waals surface area contributed by atoms with Gasteiger partial charge in [0.25, 0.3) is 5.56 Å². The van der Waals surface area contributed by atoms with E-state index in [0.29, 0.717) is 18.1 Å². The molecule has 0 radical (unpaired) electrons. The summed E-state index contributed by atoms with van der Waals surface area (Å²) in [5.41, 5.74) is 1.82. The highest BCUT2D eigenvalue weighted by atomic mass is 16.1. The van der Waals surface area contributed by atoms with E-state index in [1.807, 2.05) is 35.2 Å². The molecule has 0 bridgehead atoms. The first kappa shape index (κ1) is 15.0. The van der Waals surface area contributed by atoms with Gasteiger partial charge in [0, 0.05) is 19.5 Å². The fourth-order valence-electron chi connectivity index (χ4n) is 2.87. The van der Waals surface area contributed by atoms with Crippen LogP contribution >= 0.6 is 0 Å². The van der Waals surface area contributed by atoms with Gasteiger partial charge in [-0.3, -0.25) is 4.79 Å². The first-order valence-corrected chi connectivity index (χ1v) is 7.71. The topological polar surface area (TPSA) is 72.8 Å². The van der Waals surface area contributed by atoms with Gasteiger partial charge in [-0.05, 0) is 24.0 Å². The van der Waals surface area contributed by atoms with Crippen molar-refractivity contribution in [1.29, 1.82) is 5.26 Å². The zero-order valence-corrected chi connectivity index (χ0v) is 12.9. The first-order chi connectivity index (χ1) is 11.2. The van der Waals surface area contributed by atoms with Crippen LogP contribution < -0.4 is 10.5 Å².